The van der Waals surface area contributed by atoms with Crippen molar-refractivity contribution >= 4 is 5.91 Å². The van der Waals surface area contributed by atoms with Crippen molar-refractivity contribution in [1.82, 2.24) is 10.2 Å². The fraction of sp³-hybridized carbons (Fsp3) is 0.500. The van der Waals surface area contributed by atoms with Gasteiger partial charge < -0.3 is 21.1 Å². The number of nitrogens with one attached hydrogen (secondary N) is 1. The van der Waals surface area contributed by atoms with Crippen LogP contribution in [0, 0.1) is 13.8 Å². The maximum absolute atomic E-state index is 13.2. The summed E-state index contributed by atoms with van der Waals surface area (Å²) < 4.78 is 0. The van der Waals surface area contributed by atoms with Crippen molar-refractivity contribution < 1.29 is 9.90 Å². The number of benzene rings is 2. The fourth-order valence-electron chi connectivity index (χ4n) is 4.65. The van der Waals surface area contributed by atoms with E-state index in [1.54, 1.807) is 12.1 Å². The van der Waals surface area contributed by atoms with Gasteiger partial charge in [-0.3, -0.25) is 4.79 Å². The second-order valence-corrected chi connectivity index (χ2v) is 8.84. The van der Waals surface area contributed by atoms with E-state index in [4.69, 9.17) is 5.73 Å². The molecule has 3 rings (SSSR count). The van der Waals surface area contributed by atoms with E-state index in [9.17, 15) is 9.90 Å². The average molecular weight is 424 g/mol. The number of aryl methyl sites for hydroxylation is 3. The maximum Gasteiger partial charge on any atom is 0.240 e. The van der Waals surface area contributed by atoms with Gasteiger partial charge in [0.1, 0.15) is 5.75 Å². The molecule has 1 aliphatic heterocycles. The predicted molar refractivity (Wildman–Crippen MR) is 126 cm³/mol. The number of carbonyl (C=O) groups excluding carboxylic acids is 1. The zero-order valence-electron chi connectivity index (χ0n) is 18.9. The fourth-order valence-corrected chi connectivity index (χ4v) is 4.65. The molecule has 2 unspecified atom stereocenters. The van der Waals surface area contributed by atoms with Crippen molar-refractivity contribution in [3.05, 3.63) is 64.7 Å². The molecule has 2 aromatic rings. The lowest BCUT2D eigenvalue weighted by Crippen LogP contribution is -2.54. The summed E-state index contributed by atoms with van der Waals surface area (Å²) >= 11 is 0. The number of rotatable bonds is 9. The Morgan fingerprint density at radius 3 is 2.61 bits per heavy atom. The van der Waals surface area contributed by atoms with E-state index in [0.29, 0.717) is 6.42 Å². The Morgan fingerprint density at radius 2 is 1.90 bits per heavy atom. The average Bonchev–Trinajstić information content (AvgIpc) is 2.76. The van der Waals surface area contributed by atoms with Crippen LogP contribution in [0.1, 0.15) is 47.9 Å². The molecule has 2 aromatic carbocycles. The first-order valence-corrected chi connectivity index (χ1v) is 11.6. The third kappa shape index (κ3) is 6.55. The van der Waals surface area contributed by atoms with E-state index in [0.717, 1.165) is 68.4 Å². The van der Waals surface area contributed by atoms with Crippen LogP contribution in [0.4, 0.5) is 0 Å². The number of piperidine rings is 1. The molecular formula is C26H37N3O2. The van der Waals surface area contributed by atoms with Gasteiger partial charge in [-0.1, -0.05) is 30.3 Å². The minimum absolute atomic E-state index is 0.0441. The molecule has 0 radical (unpaired) electrons. The van der Waals surface area contributed by atoms with E-state index >= 15 is 0 Å². The Balaban J connectivity index is 1.51. The summed E-state index contributed by atoms with van der Waals surface area (Å²) in [6.07, 6.45) is 5.89. The number of phenols is 1. The van der Waals surface area contributed by atoms with Gasteiger partial charge in [0.2, 0.25) is 5.91 Å². The largest absolute Gasteiger partial charge is 0.508 e. The van der Waals surface area contributed by atoms with E-state index < -0.39 is 6.04 Å². The third-order valence-corrected chi connectivity index (χ3v) is 6.37. The van der Waals surface area contributed by atoms with Gasteiger partial charge in [0.15, 0.2) is 0 Å². The number of aromatic hydroxyl groups is 1. The molecule has 1 heterocycles. The number of phenolic OH excluding ortho intramolecular Hbond substituents is 1. The highest BCUT2D eigenvalue weighted by molar-refractivity contribution is 5.82. The highest BCUT2D eigenvalue weighted by Crippen LogP contribution is 2.23. The molecule has 168 valence electrons. The zero-order chi connectivity index (χ0) is 22.2. The van der Waals surface area contributed by atoms with Crippen LogP contribution in [0.15, 0.2) is 42.5 Å². The van der Waals surface area contributed by atoms with Crippen molar-refractivity contribution in [2.24, 2.45) is 5.73 Å². The highest BCUT2D eigenvalue weighted by atomic mass is 16.3. The van der Waals surface area contributed by atoms with Crippen molar-refractivity contribution in [2.45, 2.75) is 64.5 Å². The van der Waals surface area contributed by atoms with Crippen LogP contribution in [-0.2, 0) is 17.6 Å². The van der Waals surface area contributed by atoms with Gasteiger partial charge >= 0.3 is 0 Å². The van der Waals surface area contributed by atoms with Crippen LogP contribution >= 0.6 is 0 Å². The number of nitrogens with two attached hydrogens (primary N) is 1. The molecule has 0 spiro atoms. The number of hydrogen-bond acceptors (Lipinski definition) is 4. The first kappa shape index (κ1) is 23.3. The van der Waals surface area contributed by atoms with Gasteiger partial charge in [0.05, 0.1) is 6.04 Å². The topological polar surface area (TPSA) is 78.6 Å². The molecule has 0 aliphatic carbocycles. The first-order chi connectivity index (χ1) is 15.0. The number of hydrogen-bond donors (Lipinski definition) is 3. The molecule has 31 heavy (non-hydrogen) atoms. The van der Waals surface area contributed by atoms with Gasteiger partial charge in [0.25, 0.3) is 0 Å². The van der Waals surface area contributed by atoms with Gasteiger partial charge in [-0.25, -0.2) is 0 Å². The maximum atomic E-state index is 13.2. The monoisotopic (exact) mass is 423 g/mol. The normalized spacial score (nSPS) is 17.5. The Hall–Kier alpha value is -2.37. The van der Waals surface area contributed by atoms with Crippen LogP contribution in [0.3, 0.4) is 0 Å². The van der Waals surface area contributed by atoms with E-state index in [1.165, 1.54) is 5.56 Å². The Bertz CT molecular complexity index is 830. The van der Waals surface area contributed by atoms with Gasteiger partial charge in [-0.2, -0.15) is 0 Å². The van der Waals surface area contributed by atoms with Gasteiger partial charge in [-0.15, -0.1) is 0 Å². The third-order valence-electron chi connectivity index (χ3n) is 6.37. The molecule has 1 amide bonds. The molecule has 0 bridgehead atoms. The number of nitrogens with zero attached hydrogens (tertiary/aromatic N) is 1. The summed E-state index contributed by atoms with van der Waals surface area (Å²) in [5, 5.41) is 13.3. The SMILES string of the molecule is Cc1cc(O)cc(C)c1CC(N)C(=O)N1CCCCC1CNCCCc1ccccc1. The Morgan fingerprint density at radius 1 is 1.19 bits per heavy atom. The number of likely N-dealkylation sites (tertiary alicyclic amines) is 1. The van der Waals surface area contributed by atoms with Crippen molar-refractivity contribution in [3.63, 3.8) is 0 Å². The van der Waals surface area contributed by atoms with Crippen LogP contribution in [0.2, 0.25) is 0 Å². The summed E-state index contributed by atoms with van der Waals surface area (Å²) in [5.74, 6) is 0.302. The van der Waals surface area contributed by atoms with E-state index in [2.05, 4.69) is 29.6 Å². The molecule has 5 heteroatoms. The second-order valence-electron chi connectivity index (χ2n) is 8.84. The standard InChI is InChI=1S/C26H37N3O2/c1-19-15-23(30)16-20(2)24(19)17-25(27)26(31)29-14-7-6-12-22(29)18-28-13-8-11-21-9-4-3-5-10-21/h3-5,9-10,15-16,22,25,28,30H,6-8,11-14,17-18,27H2,1-2H3. The molecule has 1 aliphatic rings. The van der Waals surface area contributed by atoms with E-state index in [-0.39, 0.29) is 17.7 Å². The van der Waals surface area contributed by atoms with Crippen molar-refractivity contribution in [3.8, 4) is 5.75 Å². The van der Waals surface area contributed by atoms with Crippen LogP contribution in [-0.4, -0.2) is 47.6 Å². The lowest BCUT2D eigenvalue weighted by molar-refractivity contribution is -0.136. The Labute approximate surface area is 186 Å². The molecule has 1 saturated heterocycles. The van der Waals surface area contributed by atoms with Gasteiger partial charge in [-0.05, 0) is 93.3 Å². The summed E-state index contributed by atoms with van der Waals surface area (Å²) in [6.45, 7) is 6.48. The van der Waals surface area contributed by atoms with Crippen molar-refractivity contribution in [2.75, 3.05) is 19.6 Å². The zero-order valence-corrected chi connectivity index (χ0v) is 18.9. The smallest absolute Gasteiger partial charge is 0.240 e. The quantitative estimate of drug-likeness (QED) is 0.540. The van der Waals surface area contributed by atoms with Crippen LogP contribution < -0.4 is 11.1 Å². The highest BCUT2D eigenvalue weighted by Gasteiger charge is 2.30. The minimum atomic E-state index is -0.555. The van der Waals surface area contributed by atoms with Crippen LogP contribution in [0.25, 0.3) is 0 Å². The molecule has 1 fully saturated rings. The summed E-state index contributed by atoms with van der Waals surface area (Å²) in [6, 6.07) is 13.7. The van der Waals surface area contributed by atoms with Crippen molar-refractivity contribution in [1.29, 1.82) is 0 Å². The molecular weight excluding hydrogens is 386 g/mol. The predicted octanol–water partition coefficient (Wildman–Crippen LogP) is 3.48. The molecule has 0 saturated carbocycles. The number of amides is 1. The Kier molecular flexibility index (Phi) is 8.50. The lowest BCUT2D eigenvalue weighted by atomic mass is 9.94. The molecule has 2 atom stereocenters. The van der Waals surface area contributed by atoms with Gasteiger partial charge in [0, 0.05) is 19.1 Å². The second kappa shape index (κ2) is 11.3. The molecule has 4 N–H and O–H groups in total. The molecule has 0 aromatic heterocycles. The summed E-state index contributed by atoms with van der Waals surface area (Å²) in [4.78, 5) is 15.2. The van der Waals surface area contributed by atoms with E-state index in [1.807, 2.05) is 24.8 Å². The molecule has 5 nitrogen and oxygen atoms in total. The summed E-state index contributed by atoms with van der Waals surface area (Å²) in [5.41, 5.74) is 10.8. The van der Waals surface area contributed by atoms with Crippen LogP contribution in [0.5, 0.6) is 5.75 Å². The first-order valence-electron chi connectivity index (χ1n) is 11.6. The summed E-state index contributed by atoms with van der Waals surface area (Å²) in [7, 11) is 0. The minimum Gasteiger partial charge on any atom is -0.508 e. The number of carbonyl (C=O) groups is 1. The lowest BCUT2D eigenvalue weighted by Gasteiger charge is -2.37.